The van der Waals surface area contributed by atoms with Crippen molar-refractivity contribution in [2.24, 2.45) is 0 Å². The van der Waals surface area contributed by atoms with E-state index in [9.17, 15) is 0 Å². The average Bonchev–Trinajstić information content (AvgIpc) is 3.00. The van der Waals surface area contributed by atoms with Gasteiger partial charge in [-0.05, 0) is 25.3 Å². The van der Waals surface area contributed by atoms with Crippen LogP contribution in [0.3, 0.4) is 0 Å². The second kappa shape index (κ2) is 4.90. The van der Waals surface area contributed by atoms with E-state index in [1.165, 1.54) is 12.8 Å². The van der Waals surface area contributed by atoms with Gasteiger partial charge in [-0.25, -0.2) is 9.97 Å². The first-order valence-corrected chi connectivity index (χ1v) is 5.78. The predicted octanol–water partition coefficient (Wildman–Crippen LogP) is 2.93. The molecular formula is C11H15ClN2O. The summed E-state index contributed by atoms with van der Waals surface area (Å²) >= 11 is 5.93. The van der Waals surface area contributed by atoms with Crippen molar-refractivity contribution in [3.63, 3.8) is 0 Å². The van der Waals surface area contributed by atoms with E-state index in [-0.39, 0.29) is 0 Å². The smallest absolute Gasteiger partial charge is 0.155 e. The summed E-state index contributed by atoms with van der Waals surface area (Å²) < 4.78 is 5.40. The first-order valence-electron chi connectivity index (χ1n) is 5.40. The molecule has 4 heteroatoms. The van der Waals surface area contributed by atoms with Gasteiger partial charge in [0, 0.05) is 18.2 Å². The molecule has 3 nitrogen and oxygen atoms in total. The molecule has 0 aromatic carbocycles. The van der Waals surface area contributed by atoms with Gasteiger partial charge < -0.3 is 4.74 Å². The first-order chi connectivity index (χ1) is 7.29. The molecule has 0 N–H and O–H groups in total. The van der Waals surface area contributed by atoms with Crippen molar-refractivity contribution < 1.29 is 4.74 Å². The van der Waals surface area contributed by atoms with Gasteiger partial charge >= 0.3 is 0 Å². The van der Waals surface area contributed by atoms with Crippen molar-refractivity contribution in [2.75, 3.05) is 6.61 Å². The van der Waals surface area contributed by atoms with Crippen molar-refractivity contribution in [1.82, 2.24) is 9.97 Å². The molecule has 1 aliphatic carbocycles. The van der Waals surface area contributed by atoms with E-state index in [2.05, 4.69) is 16.9 Å². The van der Waals surface area contributed by atoms with E-state index < -0.39 is 0 Å². The molecule has 1 aliphatic rings. The lowest BCUT2D eigenvalue weighted by molar-refractivity contribution is 0.116. The SMILES string of the molecule is CCCOCc1nc(Cl)cc(C2CC2)n1. The number of hydrogen-bond donors (Lipinski definition) is 0. The topological polar surface area (TPSA) is 35.0 Å². The Hall–Kier alpha value is -0.670. The fourth-order valence-corrected chi connectivity index (χ4v) is 1.65. The molecule has 15 heavy (non-hydrogen) atoms. The number of hydrogen-bond acceptors (Lipinski definition) is 3. The van der Waals surface area contributed by atoms with Gasteiger partial charge in [-0.2, -0.15) is 0 Å². The normalized spacial score (nSPS) is 15.6. The molecule has 0 saturated heterocycles. The van der Waals surface area contributed by atoms with Crippen LogP contribution >= 0.6 is 11.6 Å². The highest BCUT2D eigenvalue weighted by Gasteiger charge is 2.25. The third kappa shape index (κ3) is 3.14. The second-order valence-electron chi connectivity index (χ2n) is 3.86. The third-order valence-electron chi connectivity index (χ3n) is 2.34. The Kier molecular flexibility index (Phi) is 3.54. The van der Waals surface area contributed by atoms with E-state index in [1.807, 2.05) is 6.07 Å². The van der Waals surface area contributed by atoms with E-state index >= 15 is 0 Å². The lowest BCUT2D eigenvalue weighted by Gasteiger charge is -2.04. The minimum atomic E-state index is 0.466. The van der Waals surface area contributed by atoms with Crippen molar-refractivity contribution in [2.45, 2.75) is 38.7 Å². The fraction of sp³-hybridized carbons (Fsp3) is 0.636. The molecule has 82 valence electrons. The van der Waals surface area contributed by atoms with Crippen LogP contribution in [-0.4, -0.2) is 16.6 Å². The van der Waals surface area contributed by atoms with Crippen LogP contribution in [0.5, 0.6) is 0 Å². The number of nitrogens with zero attached hydrogens (tertiary/aromatic N) is 2. The average molecular weight is 227 g/mol. The van der Waals surface area contributed by atoms with Crippen LogP contribution in [0.4, 0.5) is 0 Å². The van der Waals surface area contributed by atoms with Crippen LogP contribution in [0.1, 0.15) is 43.6 Å². The molecular weight excluding hydrogens is 212 g/mol. The molecule has 1 aromatic heterocycles. The maximum absolute atomic E-state index is 5.93. The quantitative estimate of drug-likeness (QED) is 0.572. The predicted molar refractivity (Wildman–Crippen MR) is 59.0 cm³/mol. The van der Waals surface area contributed by atoms with Crippen LogP contribution in [-0.2, 0) is 11.3 Å². The molecule has 1 fully saturated rings. The number of halogens is 1. The van der Waals surface area contributed by atoms with Crippen LogP contribution in [0.25, 0.3) is 0 Å². The van der Waals surface area contributed by atoms with Crippen molar-refractivity contribution in [1.29, 1.82) is 0 Å². The molecule has 1 aromatic rings. The number of ether oxygens (including phenoxy) is 1. The van der Waals surface area contributed by atoms with Crippen LogP contribution in [0.2, 0.25) is 5.15 Å². The summed E-state index contributed by atoms with van der Waals surface area (Å²) in [5, 5.41) is 0.530. The highest BCUT2D eigenvalue weighted by atomic mass is 35.5. The van der Waals surface area contributed by atoms with E-state index in [0.717, 1.165) is 18.7 Å². The summed E-state index contributed by atoms with van der Waals surface area (Å²) in [6.07, 6.45) is 3.46. The molecule has 1 saturated carbocycles. The molecule has 0 amide bonds. The first kappa shape index (κ1) is 10.8. The minimum absolute atomic E-state index is 0.466. The second-order valence-corrected chi connectivity index (χ2v) is 4.25. The molecule has 1 heterocycles. The zero-order chi connectivity index (χ0) is 10.7. The summed E-state index contributed by atoms with van der Waals surface area (Å²) in [6, 6.07) is 1.86. The fourth-order valence-electron chi connectivity index (χ4n) is 1.44. The van der Waals surface area contributed by atoms with Gasteiger partial charge in [-0.1, -0.05) is 18.5 Å². The number of rotatable bonds is 5. The zero-order valence-electron chi connectivity index (χ0n) is 8.87. The van der Waals surface area contributed by atoms with Crippen molar-refractivity contribution in [3.05, 3.63) is 22.7 Å². The van der Waals surface area contributed by atoms with Crippen LogP contribution in [0, 0.1) is 0 Å². The van der Waals surface area contributed by atoms with Crippen molar-refractivity contribution >= 4 is 11.6 Å². The summed E-state index contributed by atoms with van der Waals surface area (Å²) in [5.41, 5.74) is 1.07. The van der Waals surface area contributed by atoms with E-state index in [4.69, 9.17) is 16.3 Å². The van der Waals surface area contributed by atoms with Gasteiger partial charge in [0.25, 0.3) is 0 Å². The Bertz CT molecular complexity index is 339. The maximum Gasteiger partial charge on any atom is 0.155 e. The van der Waals surface area contributed by atoms with E-state index in [1.54, 1.807) is 0 Å². The third-order valence-corrected chi connectivity index (χ3v) is 2.53. The zero-order valence-corrected chi connectivity index (χ0v) is 9.63. The largest absolute Gasteiger partial charge is 0.373 e. The van der Waals surface area contributed by atoms with Gasteiger partial charge in [0.1, 0.15) is 11.8 Å². The molecule has 2 rings (SSSR count). The molecule has 0 spiro atoms. The lowest BCUT2D eigenvalue weighted by Crippen LogP contribution is -2.02. The molecule has 0 bridgehead atoms. The van der Waals surface area contributed by atoms with E-state index in [0.29, 0.717) is 23.5 Å². The lowest BCUT2D eigenvalue weighted by atomic mass is 10.3. The molecule has 0 unspecified atom stereocenters. The highest BCUT2D eigenvalue weighted by molar-refractivity contribution is 6.29. The summed E-state index contributed by atoms with van der Waals surface area (Å²) in [5.74, 6) is 1.31. The van der Waals surface area contributed by atoms with Crippen LogP contribution < -0.4 is 0 Å². The highest BCUT2D eigenvalue weighted by Crippen LogP contribution is 2.39. The summed E-state index contributed by atoms with van der Waals surface area (Å²) in [6.45, 7) is 3.29. The Morgan fingerprint density at radius 2 is 2.27 bits per heavy atom. The number of aromatic nitrogens is 2. The van der Waals surface area contributed by atoms with Gasteiger partial charge in [0.2, 0.25) is 0 Å². The van der Waals surface area contributed by atoms with Gasteiger partial charge in [-0.15, -0.1) is 0 Å². The Labute approximate surface area is 94.8 Å². The summed E-state index contributed by atoms with van der Waals surface area (Å²) in [7, 11) is 0. The molecule has 0 radical (unpaired) electrons. The van der Waals surface area contributed by atoms with Gasteiger partial charge in [0.05, 0.1) is 0 Å². The van der Waals surface area contributed by atoms with Crippen LogP contribution in [0.15, 0.2) is 6.07 Å². The molecule has 0 aliphatic heterocycles. The molecule has 0 atom stereocenters. The van der Waals surface area contributed by atoms with Gasteiger partial charge in [-0.3, -0.25) is 0 Å². The standard InChI is InChI=1S/C11H15ClN2O/c1-2-5-15-7-11-13-9(8-3-4-8)6-10(12)14-11/h6,8H,2-5,7H2,1H3. The summed E-state index contributed by atoms with van der Waals surface area (Å²) in [4.78, 5) is 8.59. The monoisotopic (exact) mass is 226 g/mol. The van der Waals surface area contributed by atoms with Crippen molar-refractivity contribution in [3.8, 4) is 0 Å². The Morgan fingerprint density at radius 1 is 1.47 bits per heavy atom. The minimum Gasteiger partial charge on any atom is -0.373 e. The maximum atomic E-state index is 5.93. The van der Waals surface area contributed by atoms with Gasteiger partial charge in [0.15, 0.2) is 5.82 Å². The Morgan fingerprint density at radius 3 is 2.93 bits per heavy atom. The Balaban J connectivity index is 2.02.